The van der Waals surface area contributed by atoms with Crippen molar-refractivity contribution in [2.45, 2.75) is 4.75 Å². The first-order valence-electron chi connectivity index (χ1n) is 7.91. The van der Waals surface area contributed by atoms with Crippen LogP contribution in [0.3, 0.4) is 0 Å². The van der Waals surface area contributed by atoms with E-state index in [1.54, 1.807) is 6.07 Å². The molecule has 0 spiro atoms. The molecule has 3 N–H and O–H groups in total. The van der Waals surface area contributed by atoms with Crippen LogP contribution < -0.4 is 0 Å². The van der Waals surface area contributed by atoms with E-state index in [4.69, 9.17) is 46.4 Å². The van der Waals surface area contributed by atoms with Crippen molar-refractivity contribution < 1.29 is 23.2 Å². The molecular formula is C19H12Cl4O5S. The maximum absolute atomic E-state index is 13.0. The molecule has 10 heteroatoms. The topological polar surface area (TPSA) is 94.8 Å². The summed E-state index contributed by atoms with van der Waals surface area (Å²) in [4.78, 5) is 0. The molecule has 5 nitrogen and oxygen atoms in total. The van der Waals surface area contributed by atoms with Gasteiger partial charge in [0.2, 0.25) is 0 Å². The van der Waals surface area contributed by atoms with Crippen molar-refractivity contribution in [3.63, 3.8) is 0 Å². The van der Waals surface area contributed by atoms with Gasteiger partial charge in [-0.3, -0.25) is 4.55 Å². The summed E-state index contributed by atoms with van der Waals surface area (Å²) in [6.45, 7) is 0. The van der Waals surface area contributed by atoms with Gasteiger partial charge in [0.15, 0.2) is 16.2 Å². The fourth-order valence-electron chi connectivity index (χ4n) is 3.20. The molecule has 3 aromatic rings. The average molecular weight is 494 g/mol. The lowest BCUT2D eigenvalue weighted by atomic mass is 9.83. The molecule has 0 aliphatic heterocycles. The summed E-state index contributed by atoms with van der Waals surface area (Å²) in [5, 5.41) is 19.8. The molecule has 0 fully saturated rings. The summed E-state index contributed by atoms with van der Waals surface area (Å²) >= 11 is 24.7. The number of hydrogen-bond acceptors (Lipinski definition) is 4. The maximum atomic E-state index is 13.0. The van der Waals surface area contributed by atoms with E-state index in [9.17, 15) is 23.2 Å². The van der Waals surface area contributed by atoms with Gasteiger partial charge in [0.25, 0.3) is 10.1 Å². The molecular weight excluding hydrogens is 482 g/mol. The van der Waals surface area contributed by atoms with E-state index in [0.717, 1.165) is 12.1 Å². The first kappa shape index (κ1) is 22.0. The third-order valence-electron chi connectivity index (χ3n) is 4.44. The molecule has 0 heterocycles. The molecule has 3 aromatic carbocycles. The van der Waals surface area contributed by atoms with Gasteiger partial charge >= 0.3 is 0 Å². The maximum Gasteiger partial charge on any atom is 0.283 e. The van der Waals surface area contributed by atoms with Crippen LogP contribution in [0.15, 0.2) is 54.6 Å². The zero-order valence-electron chi connectivity index (χ0n) is 14.3. The van der Waals surface area contributed by atoms with E-state index in [2.05, 4.69) is 0 Å². The SMILES string of the molecule is O=S(=O)(O)C(c1ccccc1)(c1cccc(O)c1O)c1cc(Cl)c(Cl)c(Cl)c1Cl. The predicted molar refractivity (Wildman–Crippen MR) is 114 cm³/mol. The van der Waals surface area contributed by atoms with E-state index in [1.807, 2.05) is 0 Å². The highest BCUT2D eigenvalue weighted by atomic mass is 35.5. The lowest BCUT2D eigenvalue weighted by molar-refractivity contribution is 0.393. The normalized spacial score (nSPS) is 13.8. The number of phenols is 2. The fourth-order valence-corrected chi connectivity index (χ4v) is 5.52. The molecule has 0 saturated heterocycles. The van der Waals surface area contributed by atoms with Gasteiger partial charge < -0.3 is 10.2 Å². The lowest BCUT2D eigenvalue weighted by Crippen LogP contribution is -2.38. The summed E-state index contributed by atoms with van der Waals surface area (Å²) in [5.41, 5.74) is -0.601. The molecule has 152 valence electrons. The van der Waals surface area contributed by atoms with Crippen molar-refractivity contribution >= 4 is 56.5 Å². The zero-order chi connectivity index (χ0) is 21.6. The first-order valence-corrected chi connectivity index (χ1v) is 10.9. The van der Waals surface area contributed by atoms with E-state index < -0.39 is 26.4 Å². The van der Waals surface area contributed by atoms with Crippen molar-refractivity contribution in [1.82, 2.24) is 0 Å². The Kier molecular flexibility index (Phi) is 5.98. The number of hydrogen-bond donors (Lipinski definition) is 3. The predicted octanol–water partition coefficient (Wildman–Crippen LogP) is 5.89. The second-order valence-corrected chi connectivity index (χ2v) is 9.15. The molecule has 0 saturated carbocycles. The summed E-state index contributed by atoms with van der Waals surface area (Å²) in [6.07, 6.45) is 0. The third kappa shape index (κ3) is 3.44. The van der Waals surface area contributed by atoms with Crippen molar-refractivity contribution in [3.8, 4) is 11.5 Å². The van der Waals surface area contributed by atoms with Gasteiger partial charge in [-0.25, -0.2) is 0 Å². The Labute approximate surface area is 186 Å². The van der Waals surface area contributed by atoms with Gasteiger partial charge in [-0.15, -0.1) is 0 Å². The fraction of sp³-hybridized carbons (Fsp3) is 0.0526. The van der Waals surface area contributed by atoms with Crippen molar-refractivity contribution in [1.29, 1.82) is 0 Å². The third-order valence-corrected chi connectivity index (χ3v) is 7.64. The molecule has 0 aliphatic carbocycles. The van der Waals surface area contributed by atoms with Gasteiger partial charge in [0.05, 0.1) is 20.1 Å². The van der Waals surface area contributed by atoms with Crippen molar-refractivity contribution in [3.05, 3.63) is 91.4 Å². The monoisotopic (exact) mass is 492 g/mol. The van der Waals surface area contributed by atoms with E-state index in [1.165, 1.54) is 36.4 Å². The van der Waals surface area contributed by atoms with Gasteiger partial charge in [0.1, 0.15) is 0 Å². The molecule has 29 heavy (non-hydrogen) atoms. The van der Waals surface area contributed by atoms with Crippen LogP contribution >= 0.6 is 46.4 Å². The Balaban J connectivity index is 2.65. The highest BCUT2D eigenvalue weighted by Gasteiger charge is 2.52. The molecule has 0 bridgehead atoms. The summed E-state index contributed by atoms with van der Waals surface area (Å²) in [6, 6.07) is 12.3. The van der Waals surface area contributed by atoms with Gasteiger partial charge in [-0.05, 0) is 17.7 Å². The largest absolute Gasteiger partial charge is 0.504 e. The number of rotatable bonds is 4. The van der Waals surface area contributed by atoms with Gasteiger partial charge in [0, 0.05) is 11.1 Å². The molecule has 0 amide bonds. The highest BCUT2D eigenvalue weighted by Crippen LogP contribution is 2.53. The Hall–Kier alpha value is -1.67. The number of aromatic hydroxyl groups is 2. The molecule has 0 aromatic heterocycles. The number of phenolic OH excluding ortho intramolecular Hbond substituents is 2. The minimum absolute atomic E-state index is 0.0137. The highest BCUT2D eigenvalue weighted by molar-refractivity contribution is 7.87. The number of halogens is 4. The van der Waals surface area contributed by atoms with Crippen LogP contribution in [0.4, 0.5) is 0 Å². The van der Waals surface area contributed by atoms with Crippen LogP contribution in [0.25, 0.3) is 0 Å². The Morgan fingerprint density at radius 3 is 1.97 bits per heavy atom. The van der Waals surface area contributed by atoms with Crippen LogP contribution in [0.5, 0.6) is 11.5 Å². The quantitative estimate of drug-likeness (QED) is 0.138. The second-order valence-electron chi connectivity index (χ2n) is 6.04. The van der Waals surface area contributed by atoms with Crippen LogP contribution in [0, 0.1) is 0 Å². The Bertz CT molecular complexity index is 1200. The van der Waals surface area contributed by atoms with Crippen molar-refractivity contribution in [2.24, 2.45) is 0 Å². The number of benzene rings is 3. The van der Waals surface area contributed by atoms with Crippen LogP contribution in [-0.2, 0) is 14.9 Å². The average Bonchev–Trinajstić information content (AvgIpc) is 2.67. The van der Waals surface area contributed by atoms with Gasteiger partial charge in [-0.1, -0.05) is 88.9 Å². The van der Waals surface area contributed by atoms with E-state index >= 15 is 0 Å². The van der Waals surface area contributed by atoms with E-state index in [0.29, 0.717) is 0 Å². The lowest BCUT2D eigenvalue weighted by Gasteiger charge is -2.34. The summed E-state index contributed by atoms with van der Waals surface area (Å²) in [7, 11) is -5.11. The minimum Gasteiger partial charge on any atom is -0.504 e. The molecule has 1 atom stereocenters. The Morgan fingerprint density at radius 2 is 1.38 bits per heavy atom. The van der Waals surface area contributed by atoms with Crippen LogP contribution in [0.2, 0.25) is 20.1 Å². The Morgan fingerprint density at radius 1 is 0.759 bits per heavy atom. The molecule has 1 unspecified atom stereocenters. The van der Waals surface area contributed by atoms with Gasteiger partial charge in [-0.2, -0.15) is 8.42 Å². The van der Waals surface area contributed by atoms with Crippen LogP contribution in [0.1, 0.15) is 16.7 Å². The smallest absolute Gasteiger partial charge is 0.283 e. The first-order chi connectivity index (χ1) is 13.5. The van der Waals surface area contributed by atoms with Crippen molar-refractivity contribution in [2.75, 3.05) is 0 Å². The molecule has 0 aliphatic rings. The summed E-state index contributed by atoms with van der Waals surface area (Å²) < 4.78 is 33.9. The molecule has 3 rings (SSSR count). The zero-order valence-corrected chi connectivity index (χ0v) is 18.1. The van der Waals surface area contributed by atoms with Crippen LogP contribution in [-0.4, -0.2) is 23.2 Å². The second kappa shape index (κ2) is 7.87. The van der Waals surface area contributed by atoms with E-state index in [-0.39, 0.29) is 36.8 Å². The standard InChI is InChI=1S/C19H12Cl4O5S/c20-13-9-12(15(21)17(23)16(13)22)19(29(26,27)28,10-5-2-1-3-6-10)11-7-4-8-14(24)18(11)25/h1-9,24-25H,(H,26,27,28). The molecule has 0 radical (unpaired) electrons. The summed E-state index contributed by atoms with van der Waals surface area (Å²) in [5.74, 6) is -1.37. The number of para-hydroxylation sites is 1. The minimum atomic E-state index is -5.11.